The summed E-state index contributed by atoms with van der Waals surface area (Å²) in [6.07, 6.45) is 4.36. The van der Waals surface area contributed by atoms with Crippen molar-refractivity contribution >= 4 is 17.7 Å². The lowest BCUT2D eigenvalue weighted by molar-refractivity contribution is -0.140. The third kappa shape index (κ3) is 1.99. The second kappa shape index (κ2) is 4.84. The van der Waals surface area contributed by atoms with Crippen LogP contribution < -0.4 is 4.74 Å². The van der Waals surface area contributed by atoms with Gasteiger partial charge in [-0.2, -0.15) is 0 Å². The Morgan fingerprint density at radius 2 is 2.17 bits per heavy atom. The molecule has 0 atom stereocenters. The number of carboxylic acids is 1. The van der Waals surface area contributed by atoms with Crippen molar-refractivity contribution in [3.8, 4) is 5.75 Å². The number of aryl methyl sites for hydroxylation is 1. The zero-order valence-corrected chi connectivity index (χ0v) is 11.8. The van der Waals surface area contributed by atoms with Crippen LogP contribution in [0.5, 0.6) is 5.75 Å². The van der Waals surface area contributed by atoms with Gasteiger partial charge in [0.05, 0.1) is 12.5 Å². The van der Waals surface area contributed by atoms with Gasteiger partial charge in [-0.25, -0.2) is 0 Å². The van der Waals surface area contributed by atoms with E-state index in [0.29, 0.717) is 18.6 Å². The molecule has 1 aromatic carbocycles. The molecule has 0 saturated heterocycles. The first-order valence-corrected chi connectivity index (χ1v) is 7.30. The van der Waals surface area contributed by atoms with Crippen molar-refractivity contribution in [3.63, 3.8) is 0 Å². The quantitative estimate of drug-likeness (QED) is 0.832. The topological polar surface area (TPSA) is 46.5 Å². The fraction of sp³-hybridized carbons (Fsp3) is 0.500. The van der Waals surface area contributed by atoms with Gasteiger partial charge in [-0.15, -0.1) is 11.8 Å². The molecule has 1 N–H and O–H groups in total. The first kappa shape index (κ1) is 13.3. The summed E-state index contributed by atoms with van der Waals surface area (Å²) >= 11 is 1.66. The van der Waals surface area contributed by atoms with Gasteiger partial charge in [-0.3, -0.25) is 4.79 Å². The maximum Gasteiger partial charge on any atom is 0.314 e. The Kier molecular flexibility index (Phi) is 3.57. The van der Waals surface area contributed by atoms with Crippen molar-refractivity contribution < 1.29 is 14.6 Å². The Bertz CT molecular complexity index is 478. The second-order valence-electron chi connectivity index (χ2n) is 4.61. The average Bonchev–Trinajstić information content (AvgIpc) is 3.18. The molecule has 98 valence electrons. The van der Waals surface area contributed by atoms with E-state index in [9.17, 15) is 9.90 Å². The fourth-order valence-corrected chi connectivity index (χ4v) is 3.04. The predicted molar refractivity (Wildman–Crippen MR) is 72.7 cm³/mol. The van der Waals surface area contributed by atoms with Crippen molar-refractivity contribution in [2.75, 3.05) is 13.4 Å². The average molecular weight is 266 g/mol. The van der Waals surface area contributed by atoms with Crippen molar-refractivity contribution in [1.29, 1.82) is 0 Å². The molecule has 1 aliphatic carbocycles. The summed E-state index contributed by atoms with van der Waals surface area (Å²) < 4.78 is 5.39. The molecular formula is C14H18O3S. The van der Waals surface area contributed by atoms with E-state index in [0.717, 1.165) is 16.9 Å². The highest BCUT2D eigenvalue weighted by Gasteiger charge is 2.53. The molecule has 1 aromatic rings. The maximum atomic E-state index is 11.4. The molecular weight excluding hydrogens is 248 g/mol. The largest absolute Gasteiger partial charge is 0.496 e. The number of thioether (sulfide) groups is 1. The third-order valence-electron chi connectivity index (χ3n) is 3.66. The molecule has 0 unspecified atom stereocenters. The third-order valence-corrected chi connectivity index (χ3v) is 4.48. The minimum Gasteiger partial charge on any atom is -0.496 e. The van der Waals surface area contributed by atoms with Gasteiger partial charge in [0.15, 0.2) is 0 Å². The van der Waals surface area contributed by atoms with Crippen LogP contribution in [0.15, 0.2) is 17.0 Å². The molecule has 1 fully saturated rings. The van der Waals surface area contributed by atoms with Crippen LogP contribution in [-0.4, -0.2) is 24.4 Å². The Balaban J connectivity index is 2.56. The summed E-state index contributed by atoms with van der Waals surface area (Å²) in [4.78, 5) is 12.6. The molecule has 1 saturated carbocycles. The van der Waals surface area contributed by atoms with E-state index in [2.05, 4.69) is 6.92 Å². The molecule has 2 rings (SSSR count). The van der Waals surface area contributed by atoms with Crippen LogP contribution in [-0.2, 0) is 16.6 Å². The van der Waals surface area contributed by atoms with Gasteiger partial charge in [-0.05, 0) is 43.2 Å². The standard InChI is InChI=1S/C14H18O3S/c1-4-9-7-11(17-2)10(8-12(9)18-3)14(5-6-14)13(15)16/h7-8H,4-6H2,1-3H3,(H,15,16). The normalized spacial score (nSPS) is 16.4. The van der Waals surface area contributed by atoms with Gasteiger partial charge in [0, 0.05) is 10.5 Å². The molecule has 0 heterocycles. The van der Waals surface area contributed by atoms with Gasteiger partial charge < -0.3 is 9.84 Å². The number of hydrogen-bond donors (Lipinski definition) is 1. The van der Waals surface area contributed by atoms with Gasteiger partial charge in [0.25, 0.3) is 0 Å². The van der Waals surface area contributed by atoms with Gasteiger partial charge >= 0.3 is 5.97 Å². The van der Waals surface area contributed by atoms with Gasteiger partial charge in [0.2, 0.25) is 0 Å². The molecule has 0 radical (unpaired) electrons. The fourth-order valence-electron chi connectivity index (χ4n) is 2.33. The molecule has 1 aliphatic rings. The molecule has 0 aliphatic heterocycles. The number of hydrogen-bond acceptors (Lipinski definition) is 3. The number of aliphatic carboxylic acids is 1. The summed E-state index contributed by atoms with van der Waals surface area (Å²) in [6.45, 7) is 2.10. The molecule has 18 heavy (non-hydrogen) atoms. The summed E-state index contributed by atoms with van der Waals surface area (Å²) in [5, 5.41) is 9.40. The van der Waals surface area contributed by atoms with E-state index in [4.69, 9.17) is 4.74 Å². The van der Waals surface area contributed by atoms with E-state index in [-0.39, 0.29) is 0 Å². The SMILES string of the molecule is CCc1cc(OC)c(C2(C(=O)O)CC2)cc1SC. The first-order valence-electron chi connectivity index (χ1n) is 6.07. The highest BCUT2D eigenvalue weighted by atomic mass is 32.2. The van der Waals surface area contributed by atoms with Crippen molar-refractivity contribution in [2.45, 2.75) is 36.5 Å². The second-order valence-corrected chi connectivity index (χ2v) is 5.45. The zero-order valence-electron chi connectivity index (χ0n) is 10.9. The van der Waals surface area contributed by atoms with Crippen molar-refractivity contribution in [2.24, 2.45) is 0 Å². The van der Waals surface area contributed by atoms with Crippen LogP contribution in [0.1, 0.15) is 30.9 Å². The number of methoxy groups -OCH3 is 1. The highest BCUT2D eigenvalue weighted by molar-refractivity contribution is 7.98. The lowest BCUT2D eigenvalue weighted by Crippen LogP contribution is -2.20. The Labute approximate surface area is 112 Å². The number of benzene rings is 1. The number of ether oxygens (including phenoxy) is 1. The summed E-state index contributed by atoms with van der Waals surface area (Å²) in [5.74, 6) is -0.0262. The molecule has 3 nitrogen and oxygen atoms in total. The zero-order chi connectivity index (χ0) is 13.3. The van der Waals surface area contributed by atoms with E-state index in [1.165, 1.54) is 5.56 Å². The summed E-state index contributed by atoms with van der Waals surface area (Å²) in [5.41, 5.74) is 1.34. The van der Waals surface area contributed by atoms with Crippen LogP contribution in [0.2, 0.25) is 0 Å². The summed E-state index contributed by atoms with van der Waals surface area (Å²) in [7, 11) is 1.61. The molecule has 4 heteroatoms. The molecule has 0 amide bonds. The number of carboxylic acid groups (broad SMARTS) is 1. The minimum atomic E-state index is -0.739. The highest BCUT2D eigenvalue weighted by Crippen LogP contribution is 2.52. The van der Waals surface area contributed by atoms with Crippen LogP contribution in [0.4, 0.5) is 0 Å². The van der Waals surface area contributed by atoms with Crippen molar-refractivity contribution in [1.82, 2.24) is 0 Å². The molecule has 0 bridgehead atoms. The number of rotatable bonds is 5. The molecule has 0 aromatic heterocycles. The summed E-state index contributed by atoms with van der Waals surface area (Å²) in [6, 6.07) is 3.99. The minimum absolute atomic E-state index is 0.706. The smallest absolute Gasteiger partial charge is 0.314 e. The Morgan fingerprint density at radius 3 is 2.56 bits per heavy atom. The van der Waals surface area contributed by atoms with Gasteiger partial charge in [0.1, 0.15) is 5.75 Å². The Morgan fingerprint density at radius 1 is 1.50 bits per heavy atom. The van der Waals surface area contributed by atoms with E-state index in [1.54, 1.807) is 18.9 Å². The molecule has 0 spiro atoms. The van der Waals surface area contributed by atoms with Gasteiger partial charge in [-0.1, -0.05) is 6.92 Å². The lowest BCUT2D eigenvalue weighted by Gasteiger charge is -2.18. The predicted octanol–water partition coefficient (Wildman–Crippen LogP) is 3.10. The van der Waals surface area contributed by atoms with Crippen LogP contribution in [0.3, 0.4) is 0 Å². The van der Waals surface area contributed by atoms with Crippen molar-refractivity contribution in [3.05, 3.63) is 23.3 Å². The first-order chi connectivity index (χ1) is 8.58. The monoisotopic (exact) mass is 266 g/mol. The van der Waals surface area contributed by atoms with E-state index in [1.807, 2.05) is 18.4 Å². The Hall–Kier alpha value is -1.16. The number of carbonyl (C=O) groups is 1. The maximum absolute atomic E-state index is 11.4. The van der Waals surface area contributed by atoms with Crippen LogP contribution in [0.25, 0.3) is 0 Å². The van der Waals surface area contributed by atoms with Crippen LogP contribution >= 0.6 is 11.8 Å². The van der Waals surface area contributed by atoms with Crippen LogP contribution in [0, 0.1) is 0 Å². The van der Waals surface area contributed by atoms with E-state index < -0.39 is 11.4 Å². The lowest BCUT2D eigenvalue weighted by atomic mass is 9.93. The van der Waals surface area contributed by atoms with E-state index >= 15 is 0 Å².